The van der Waals surface area contributed by atoms with E-state index in [-0.39, 0.29) is 18.3 Å². The van der Waals surface area contributed by atoms with Gasteiger partial charge in [0.25, 0.3) is 0 Å². The van der Waals surface area contributed by atoms with Gasteiger partial charge in [-0.25, -0.2) is 4.39 Å². The molecular weight excluding hydrogens is 271 g/mol. The molecular formula is C17H19FO3. The highest BCUT2D eigenvalue weighted by molar-refractivity contribution is 5.39. The second kappa shape index (κ2) is 7.64. The minimum absolute atomic E-state index is 0.0429. The molecule has 0 amide bonds. The van der Waals surface area contributed by atoms with Gasteiger partial charge >= 0.3 is 0 Å². The zero-order valence-corrected chi connectivity index (χ0v) is 12.0. The topological polar surface area (TPSA) is 38.7 Å². The Morgan fingerprint density at radius 3 is 2.52 bits per heavy atom. The molecule has 0 saturated heterocycles. The van der Waals surface area contributed by atoms with Gasteiger partial charge in [-0.15, -0.1) is 0 Å². The normalized spacial score (nSPS) is 12.0. The van der Waals surface area contributed by atoms with Crippen molar-refractivity contribution in [3.63, 3.8) is 0 Å². The van der Waals surface area contributed by atoms with E-state index >= 15 is 0 Å². The fourth-order valence-electron chi connectivity index (χ4n) is 2.17. The Kier molecular flexibility index (Phi) is 5.58. The molecule has 21 heavy (non-hydrogen) atoms. The van der Waals surface area contributed by atoms with Crippen molar-refractivity contribution in [1.82, 2.24) is 0 Å². The molecule has 112 valence electrons. The van der Waals surface area contributed by atoms with Crippen molar-refractivity contribution in [2.24, 2.45) is 0 Å². The van der Waals surface area contributed by atoms with Crippen molar-refractivity contribution in [1.29, 1.82) is 0 Å². The highest BCUT2D eigenvalue weighted by Gasteiger charge is 2.12. The first-order chi connectivity index (χ1) is 10.2. The van der Waals surface area contributed by atoms with Gasteiger partial charge < -0.3 is 14.6 Å². The molecule has 4 heteroatoms. The van der Waals surface area contributed by atoms with E-state index in [1.807, 2.05) is 30.3 Å². The Morgan fingerprint density at radius 2 is 1.86 bits per heavy atom. The van der Waals surface area contributed by atoms with Crippen LogP contribution in [0.4, 0.5) is 4.39 Å². The Hall–Kier alpha value is -2.07. The molecule has 0 heterocycles. The van der Waals surface area contributed by atoms with E-state index in [1.165, 1.54) is 12.1 Å². The lowest BCUT2D eigenvalue weighted by atomic mass is 9.97. The third-order valence-electron chi connectivity index (χ3n) is 3.33. The molecule has 1 N–H and O–H groups in total. The van der Waals surface area contributed by atoms with E-state index in [9.17, 15) is 9.50 Å². The molecule has 2 aromatic rings. The molecule has 0 aliphatic rings. The van der Waals surface area contributed by atoms with Crippen LogP contribution in [0.2, 0.25) is 0 Å². The zero-order valence-electron chi connectivity index (χ0n) is 12.0. The van der Waals surface area contributed by atoms with Crippen LogP contribution in [-0.2, 0) is 0 Å². The summed E-state index contributed by atoms with van der Waals surface area (Å²) in [5, 5.41) is 9.47. The Bertz CT molecular complexity index is 571. The second-order valence-corrected chi connectivity index (χ2v) is 4.72. The minimum Gasteiger partial charge on any atom is -0.493 e. The lowest BCUT2D eigenvalue weighted by Crippen LogP contribution is -2.10. The number of methoxy groups -OCH3 is 1. The van der Waals surface area contributed by atoms with Gasteiger partial charge in [-0.1, -0.05) is 24.3 Å². The van der Waals surface area contributed by atoms with Crippen LogP contribution in [0.5, 0.6) is 11.5 Å². The lowest BCUT2D eigenvalue weighted by Gasteiger charge is -2.16. The molecule has 3 nitrogen and oxygen atoms in total. The molecule has 0 fully saturated rings. The molecule has 1 unspecified atom stereocenters. The van der Waals surface area contributed by atoms with E-state index in [0.29, 0.717) is 24.5 Å². The van der Waals surface area contributed by atoms with E-state index < -0.39 is 0 Å². The molecule has 0 saturated carbocycles. The van der Waals surface area contributed by atoms with Crippen LogP contribution in [0.25, 0.3) is 0 Å². The van der Waals surface area contributed by atoms with E-state index in [2.05, 4.69) is 0 Å². The quantitative estimate of drug-likeness (QED) is 0.849. The van der Waals surface area contributed by atoms with Gasteiger partial charge in [0.2, 0.25) is 0 Å². The van der Waals surface area contributed by atoms with Crippen LogP contribution in [0.1, 0.15) is 17.9 Å². The van der Waals surface area contributed by atoms with Crippen molar-refractivity contribution < 1.29 is 19.0 Å². The Morgan fingerprint density at radius 1 is 1.10 bits per heavy atom. The molecule has 0 aliphatic carbocycles. The van der Waals surface area contributed by atoms with Crippen molar-refractivity contribution in [3.05, 3.63) is 59.9 Å². The highest BCUT2D eigenvalue weighted by atomic mass is 19.1. The summed E-state index contributed by atoms with van der Waals surface area (Å²) in [6.45, 7) is 0.376. The summed E-state index contributed by atoms with van der Waals surface area (Å²) >= 11 is 0. The van der Waals surface area contributed by atoms with Crippen molar-refractivity contribution in [2.75, 3.05) is 20.3 Å². The number of rotatable bonds is 7. The number of benzene rings is 2. The zero-order chi connectivity index (χ0) is 15.1. The average Bonchev–Trinajstić information content (AvgIpc) is 2.52. The fraction of sp³-hybridized carbons (Fsp3) is 0.294. The van der Waals surface area contributed by atoms with Gasteiger partial charge in [0.1, 0.15) is 5.82 Å². The average molecular weight is 290 g/mol. The summed E-state index contributed by atoms with van der Waals surface area (Å²) in [5.41, 5.74) is 0.779. The number of aliphatic hydroxyl groups excluding tert-OH is 1. The van der Waals surface area contributed by atoms with Crippen molar-refractivity contribution in [2.45, 2.75) is 12.3 Å². The summed E-state index contributed by atoms with van der Waals surface area (Å²) < 4.78 is 24.1. The van der Waals surface area contributed by atoms with Crippen LogP contribution >= 0.6 is 0 Å². The van der Waals surface area contributed by atoms with Crippen LogP contribution in [0.3, 0.4) is 0 Å². The summed E-state index contributed by atoms with van der Waals surface area (Å²) in [4.78, 5) is 0. The summed E-state index contributed by atoms with van der Waals surface area (Å²) in [7, 11) is 1.59. The van der Waals surface area contributed by atoms with Crippen LogP contribution < -0.4 is 9.47 Å². The Labute approximate surface area is 124 Å². The van der Waals surface area contributed by atoms with Crippen LogP contribution in [0, 0.1) is 5.82 Å². The first kappa shape index (κ1) is 15.3. The number of aliphatic hydroxyl groups is 1. The fourth-order valence-corrected chi connectivity index (χ4v) is 2.17. The number of ether oxygens (including phenoxy) is 2. The first-order valence-electron chi connectivity index (χ1n) is 6.86. The maximum atomic E-state index is 13.2. The summed E-state index contributed by atoms with van der Waals surface area (Å²) in [6.07, 6.45) is 0.595. The van der Waals surface area contributed by atoms with Gasteiger partial charge in [0.05, 0.1) is 20.3 Å². The van der Waals surface area contributed by atoms with Crippen LogP contribution in [0.15, 0.2) is 48.5 Å². The monoisotopic (exact) mass is 290 g/mol. The number of para-hydroxylation sites is 2. The Balaban J connectivity index is 1.95. The van der Waals surface area contributed by atoms with Gasteiger partial charge in [0.15, 0.2) is 11.5 Å². The first-order valence-corrected chi connectivity index (χ1v) is 6.86. The van der Waals surface area contributed by atoms with E-state index in [1.54, 1.807) is 13.2 Å². The molecule has 0 aromatic heterocycles. The van der Waals surface area contributed by atoms with Gasteiger partial charge in [-0.05, 0) is 36.2 Å². The van der Waals surface area contributed by atoms with E-state index in [0.717, 1.165) is 5.56 Å². The van der Waals surface area contributed by atoms with Gasteiger partial charge in [-0.2, -0.15) is 0 Å². The molecule has 2 aromatic carbocycles. The number of hydrogen-bond acceptors (Lipinski definition) is 3. The lowest BCUT2D eigenvalue weighted by molar-refractivity contribution is 0.225. The predicted molar refractivity (Wildman–Crippen MR) is 79.3 cm³/mol. The third-order valence-corrected chi connectivity index (χ3v) is 3.33. The van der Waals surface area contributed by atoms with Crippen molar-refractivity contribution >= 4 is 0 Å². The van der Waals surface area contributed by atoms with Crippen molar-refractivity contribution in [3.8, 4) is 11.5 Å². The summed E-state index contributed by atoms with van der Waals surface area (Å²) in [6, 6.07) is 13.7. The number of hydrogen-bond donors (Lipinski definition) is 1. The smallest absolute Gasteiger partial charge is 0.161 e. The molecule has 1 atom stereocenters. The molecule has 0 spiro atoms. The van der Waals surface area contributed by atoms with Gasteiger partial charge in [0, 0.05) is 5.92 Å². The minimum atomic E-state index is -0.295. The molecule has 0 aliphatic heterocycles. The molecule has 0 radical (unpaired) electrons. The largest absolute Gasteiger partial charge is 0.493 e. The molecule has 0 bridgehead atoms. The number of halogens is 1. The van der Waals surface area contributed by atoms with E-state index in [4.69, 9.17) is 9.47 Å². The predicted octanol–water partition coefficient (Wildman–Crippen LogP) is 3.38. The highest BCUT2D eigenvalue weighted by Crippen LogP contribution is 2.27. The van der Waals surface area contributed by atoms with Crippen LogP contribution in [-0.4, -0.2) is 25.4 Å². The summed E-state index contributed by atoms with van der Waals surface area (Å²) in [5.74, 6) is 0.895. The SMILES string of the molecule is COc1ccccc1OCCC(CO)c1cccc(F)c1. The third kappa shape index (κ3) is 4.20. The molecule has 2 rings (SSSR count). The maximum absolute atomic E-state index is 13.2. The maximum Gasteiger partial charge on any atom is 0.161 e. The standard InChI is InChI=1S/C17H19FO3/c1-20-16-7-2-3-8-17(16)21-10-9-14(12-19)13-5-4-6-15(18)11-13/h2-8,11,14,19H,9-10,12H2,1H3. The second-order valence-electron chi connectivity index (χ2n) is 4.72. The van der Waals surface area contributed by atoms with Gasteiger partial charge in [-0.3, -0.25) is 0 Å².